The Morgan fingerprint density at radius 1 is 1.42 bits per heavy atom. The van der Waals surface area contributed by atoms with Crippen molar-refractivity contribution in [1.29, 1.82) is 0 Å². The number of aryl methyl sites for hydroxylation is 1. The number of benzene rings is 1. The molecule has 0 fully saturated rings. The van der Waals surface area contributed by atoms with Crippen LogP contribution in [0.15, 0.2) is 45.6 Å². The van der Waals surface area contributed by atoms with Crippen LogP contribution >= 0.6 is 15.9 Å². The standard InChI is InChI=1S/C14H13BrN2O2/c1-2-17-13(11(15)7-16-17)14(18)10-8-19-12-6-4-3-5-9(10)12/h3-8,14,18H,2H2,1H3. The van der Waals surface area contributed by atoms with Crippen molar-refractivity contribution in [3.8, 4) is 0 Å². The summed E-state index contributed by atoms with van der Waals surface area (Å²) in [5.74, 6) is 0. The first-order chi connectivity index (χ1) is 9.22. The van der Waals surface area contributed by atoms with Gasteiger partial charge < -0.3 is 9.52 Å². The number of halogens is 1. The van der Waals surface area contributed by atoms with Crippen LogP contribution in [0.3, 0.4) is 0 Å². The van der Waals surface area contributed by atoms with Crippen LogP contribution in [-0.2, 0) is 6.54 Å². The zero-order valence-corrected chi connectivity index (χ0v) is 12.0. The quantitative estimate of drug-likeness (QED) is 0.803. The second kappa shape index (κ2) is 4.83. The van der Waals surface area contributed by atoms with Crippen molar-refractivity contribution in [2.45, 2.75) is 19.6 Å². The third-order valence-electron chi connectivity index (χ3n) is 3.20. The fourth-order valence-electron chi connectivity index (χ4n) is 2.25. The van der Waals surface area contributed by atoms with E-state index in [1.807, 2.05) is 31.2 Å². The Morgan fingerprint density at radius 2 is 2.21 bits per heavy atom. The molecule has 3 aromatic rings. The number of nitrogens with zero attached hydrogens (tertiary/aromatic N) is 2. The molecule has 5 heteroatoms. The summed E-state index contributed by atoms with van der Waals surface area (Å²) in [7, 11) is 0. The maximum atomic E-state index is 10.6. The molecular formula is C14H13BrN2O2. The van der Waals surface area contributed by atoms with Crippen molar-refractivity contribution in [3.05, 3.63) is 52.5 Å². The highest BCUT2D eigenvalue weighted by Crippen LogP contribution is 2.33. The molecule has 0 radical (unpaired) electrons. The van der Waals surface area contributed by atoms with Crippen LogP contribution in [0.2, 0.25) is 0 Å². The van der Waals surface area contributed by atoms with Crippen LogP contribution in [-0.4, -0.2) is 14.9 Å². The van der Waals surface area contributed by atoms with Crippen LogP contribution in [0, 0.1) is 0 Å². The van der Waals surface area contributed by atoms with Gasteiger partial charge in [0.1, 0.15) is 11.7 Å². The number of fused-ring (bicyclic) bond motifs is 1. The number of para-hydroxylation sites is 1. The van der Waals surface area contributed by atoms with Gasteiger partial charge in [0.15, 0.2) is 0 Å². The first-order valence-corrected chi connectivity index (χ1v) is 6.87. The summed E-state index contributed by atoms with van der Waals surface area (Å²) in [6.07, 6.45) is 2.54. The maximum Gasteiger partial charge on any atom is 0.134 e. The third kappa shape index (κ3) is 1.99. The van der Waals surface area contributed by atoms with E-state index >= 15 is 0 Å². The fourth-order valence-corrected chi connectivity index (χ4v) is 2.77. The average Bonchev–Trinajstić information content (AvgIpc) is 3.01. The number of aliphatic hydroxyl groups is 1. The summed E-state index contributed by atoms with van der Waals surface area (Å²) < 4.78 is 8.05. The van der Waals surface area contributed by atoms with Gasteiger partial charge in [0, 0.05) is 17.5 Å². The van der Waals surface area contributed by atoms with Gasteiger partial charge in [-0.25, -0.2) is 0 Å². The van der Waals surface area contributed by atoms with E-state index in [9.17, 15) is 5.11 Å². The molecule has 2 aromatic heterocycles. The number of aromatic nitrogens is 2. The maximum absolute atomic E-state index is 10.6. The molecule has 0 bridgehead atoms. The van der Waals surface area contributed by atoms with E-state index in [1.54, 1.807) is 17.1 Å². The van der Waals surface area contributed by atoms with Gasteiger partial charge in [0.05, 0.1) is 22.6 Å². The number of hydrogen-bond acceptors (Lipinski definition) is 3. The first kappa shape index (κ1) is 12.4. The lowest BCUT2D eigenvalue weighted by Gasteiger charge is -2.12. The van der Waals surface area contributed by atoms with Gasteiger partial charge in [-0.1, -0.05) is 18.2 Å². The van der Waals surface area contributed by atoms with Crippen molar-refractivity contribution >= 4 is 26.9 Å². The van der Waals surface area contributed by atoms with Crippen LogP contribution in [0.5, 0.6) is 0 Å². The topological polar surface area (TPSA) is 51.2 Å². The lowest BCUT2D eigenvalue weighted by Crippen LogP contribution is -2.09. The molecule has 1 unspecified atom stereocenters. The molecule has 0 aliphatic heterocycles. The molecule has 3 rings (SSSR count). The summed E-state index contributed by atoms with van der Waals surface area (Å²) in [5.41, 5.74) is 2.27. The molecule has 1 atom stereocenters. The minimum Gasteiger partial charge on any atom is -0.464 e. The van der Waals surface area contributed by atoms with Crippen molar-refractivity contribution in [3.63, 3.8) is 0 Å². The highest BCUT2D eigenvalue weighted by molar-refractivity contribution is 9.10. The number of hydrogen-bond donors (Lipinski definition) is 1. The predicted molar refractivity (Wildman–Crippen MR) is 75.9 cm³/mol. The Kier molecular flexibility index (Phi) is 3.16. The van der Waals surface area contributed by atoms with Gasteiger partial charge in [-0.3, -0.25) is 4.68 Å². The molecule has 0 aliphatic rings. The highest BCUT2D eigenvalue weighted by atomic mass is 79.9. The van der Waals surface area contributed by atoms with E-state index < -0.39 is 6.10 Å². The Morgan fingerprint density at radius 3 is 3.00 bits per heavy atom. The summed E-state index contributed by atoms with van der Waals surface area (Å²) in [5, 5.41) is 15.8. The number of aliphatic hydroxyl groups excluding tert-OH is 1. The van der Waals surface area contributed by atoms with E-state index in [4.69, 9.17) is 4.42 Å². The van der Waals surface area contributed by atoms with Crippen molar-refractivity contribution < 1.29 is 9.52 Å². The van der Waals surface area contributed by atoms with E-state index in [2.05, 4.69) is 21.0 Å². The lowest BCUT2D eigenvalue weighted by molar-refractivity contribution is 0.207. The second-order valence-corrected chi connectivity index (χ2v) is 5.14. The van der Waals surface area contributed by atoms with Crippen molar-refractivity contribution in [2.75, 3.05) is 0 Å². The molecule has 0 amide bonds. The molecule has 1 aromatic carbocycles. The van der Waals surface area contributed by atoms with Gasteiger partial charge in [-0.2, -0.15) is 5.10 Å². The third-order valence-corrected chi connectivity index (χ3v) is 3.81. The van der Waals surface area contributed by atoms with E-state index in [0.29, 0.717) is 6.54 Å². The SMILES string of the molecule is CCn1ncc(Br)c1C(O)c1coc2ccccc12. The zero-order valence-electron chi connectivity index (χ0n) is 10.4. The molecule has 1 N–H and O–H groups in total. The first-order valence-electron chi connectivity index (χ1n) is 6.07. The van der Waals surface area contributed by atoms with E-state index in [-0.39, 0.29) is 0 Å². The molecule has 19 heavy (non-hydrogen) atoms. The van der Waals surface area contributed by atoms with E-state index in [0.717, 1.165) is 26.7 Å². The van der Waals surface area contributed by atoms with Crippen molar-refractivity contribution in [2.24, 2.45) is 0 Å². The van der Waals surface area contributed by atoms with Gasteiger partial charge in [0.2, 0.25) is 0 Å². The van der Waals surface area contributed by atoms with Gasteiger partial charge >= 0.3 is 0 Å². The van der Waals surface area contributed by atoms with Crippen LogP contribution in [0.1, 0.15) is 24.3 Å². The largest absolute Gasteiger partial charge is 0.464 e. The molecule has 4 nitrogen and oxygen atoms in total. The summed E-state index contributed by atoms with van der Waals surface area (Å²) >= 11 is 3.43. The molecule has 0 spiro atoms. The molecule has 0 saturated heterocycles. The van der Waals surface area contributed by atoms with Gasteiger partial charge in [0.25, 0.3) is 0 Å². The van der Waals surface area contributed by atoms with Crippen LogP contribution < -0.4 is 0 Å². The Bertz CT molecular complexity index is 717. The minimum absolute atomic E-state index is 0.702. The van der Waals surface area contributed by atoms with Crippen LogP contribution in [0.4, 0.5) is 0 Å². The number of furan rings is 1. The van der Waals surface area contributed by atoms with Crippen LogP contribution in [0.25, 0.3) is 11.0 Å². The predicted octanol–water partition coefficient (Wildman–Crippen LogP) is 3.49. The highest BCUT2D eigenvalue weighted by Gasteiger charge is 2.22. The summed E-state index contributed by atoms with van der Waals surface area (Å²) in [4.78, 5) is 0. The Hall–Kier alpha value is -1.59. The molecular weight excluding hydrogens is 308 g/mol. The van der Waals surface area contributed by atoms with E-state index in [1.165, 1.54) is 0 Å². The lowest BCUT2D eigenvalue weighted by atomic mass is 10.1. The summed E-state index contributed by atoms with van der Waals surface area (Å²) in [6, 6.07) is 7.67. The van der Waals surface area contributed by atoms with Gasteiger partial charge in [-0.05, 0) is 28.9 Å². The Balaban J connectivity index is 2.13. The normalized spacial score (nSPS) is 13.0. The molecule has 2 heterocycles. The number of rotatable bonds is 3. The van der Waals surface area contributed by atoms with Crippen molar-refractivity contribution in [1.82, 2.24) is 9.78 Å². The average molecular weight is 321 g/mol. The zero-order chi connectivity index (χ0) is 13.4. The fraction of sp³-hybridized carbons (Fsp3) is 0.214. The Labute approximate surface area is 118 Å². The molecule has 0 aliphatic carbocycles. The van der Waals surface area contributed by atoms with Gasteiger partial charge in [-0.15, -0.1) is 0 Å². The molecule has 98 valence electrons. The minimum atomic E-state index is -0.763. The summed E-state index contributed by atoms with van der Waals surface area (Å²) in [6.45, 7) is 2.69. The monoisotopic (exact) mass is 320 g/mol. The molecule has 0 saturated carbocycles. The smallest absolute Gasteiger partial charge is 0.134 e. The second-order valence-electron chi connectivity index (χ2n) is 4.28.